The zero-order chi connectivity index (χ0) is 19.9. The van der Waals surface area contributed by atoms with E-state index in [4.69, 9.17) is 0 Å². The van der Waals surface area contributed by atoms with Crippen LogP contribution < -0.4 is 5.56 Å². The van der Waals surface area contributed by atoms with Gasteiger partial charge in [0.1, 0.15) is 11.6 Å². The first kappa shape index (κ1) is 19.8. The maximum absolute atomic E-state index is 12.0. The summed E-state index contributed by atoms with van der Waals surface area (Å²) in [5.74, 6) is 1.01. The van der Waals surface area contributed by atoms with Crippen molar-refractivity contribution in [2.24, 2.45) is 0 Å². The van der Waals surface area contributed by atoms with Crippen LogP contribution in [-0.2, 0) is 19.3 Å². The van der Waals surface area contributed by atoms with Crippen molar-refractivity contribution in [2.45, 2.75) is 31.7 Å². The lowest BCUT2D eigenvalue weighted by Gasteiger charge is -2.24. The Morgan fingerprint density at radius 3 is 2.43 bits per heavy atom. The summed E-state index contributed by atoms with van der Waals surface area (Å²) in [4.78, 5) is 21.7. The van der Waals surface area contributed by atoms with E-state index < -0.39 is 0 Å². The van der Waals surface area contributed by atoms with Gasteiger partial charge in [-0.05, 0) is 50.2 Å². The highest BCUT2D eigenvalue weighted by Gasteiger charge is 2.14. The topological polar surface area (TPSA) is 69.2 Å². The number of aromatic hydroxyl groups is 1. The number of benzene rings is 2. The first-order chi connectivity index (χ1) is 13.5. The van der Waals surface area contributed by atoms with Gasteiger partial charge >= 0.3 is 0 Å². The number of likely N-dealkylation sites (N-methyl/N-ethyl adjacent to an activating group) is 1. The van der Waals surface area contributed by atoms with E-state index in [-0.39, 0.29) is 11.3 Å². The first-order valence-electron chi connectivity index (χ1n) is 9.57. The normalized spacial score (nSPS) is 12.2. The van der Waals surface area contributed by atoms with Crippen LogP contribution in [0.25, 0.3) is 0 Å². The van der Waals surface area contributed by atoms with Gasteiger partial charge in [-0.15, -0.1) is 0 Å². The van der Waals surface area contributed by atoms with Crippen molar-refractivity contribution in [1.82, 2.24) is 14.9 Å². The average Bonchev–Trinajstić information content (AvgIpc) is 2.67. The number of aryl methyl sites for hydroxylation is 1. The molecular weight excluding hydrogens is 350 g/mol. The molecule has 0 amide bonds. The molecule has 28 heavy (non-hydrogen) atoms. The molecule has 1 atom stereocenters. The number of aromatic nitrogens is 2. The summed E-state index contributed by atoms with van der Waals surface area (Å²) >= 11 is 0. The molecule has 2 N–H and O–H groups in total. The number of nitrogens with one attached hydrogen (secondary N) is 1. The van der Waals surface area contributed by atoms with E-state index >= 15 is 0 Å². The zero-order valence-electron chi connectivity index (χ0n) is 16.4. The van der Waals surface area contributed by atoms with Crippen molar-refractivity contribution in [3.05, 3.63) is 93.7 Å². The number of aromatic amines is 1. The van der Waals surface area contributed by atoms with Gasteiger partial charge in [0, 0.05) is 30.6 Å². The molecule has 0 aliphatic rings. The van der Waals surface area contributed by atoms with E-state index in [0.29, 0.717) is 18.9 Å². The molecule has 146 valence electrons. The minimum Gasteiger partial charge on any atom is -0.508 e. The van der Waals surface area contributed by atoms with Crippen LogP contribution in [0.1, 0.15) is 29.1 Å². The van der Waals surface area contributed by atoms with Crippen molar-refractivity contribution in [1.29, 1.82) is 0 Å². The molecule has 0 unspecified atom stereocenters. The van der Waals surface area contributed by atoms with Gasteiger partial charge in [0.05, 0.1) is 0 Å². The highest BCUT2D eigenvalue weighted by atomic mass is 16.3. The van der Waals surface area contributed by atoms with Crippen LogP contribution in [0.2, 0.25) is 0 Å². The maximum Gasteiger partial charge on any atom is 0.273 e. The second kappa shape index (κ2) is 9.33. The molecule has 5 nitrogen and oxygen atoms in total. The van der Waals surface area contributed by atoms with E-state index in [2.05, 4.69) is 41.1 Å². The fourth-order valence-electron chi connectivity index (χ4n) is 3.34. The Bertz CT molecular complexity index is 934. The monoisotopic (exact) mass is 377 g/mol. The lowest BCUT2D eigenvalue weighted by atomic mass is 10.0. The lowest BCUT2D eigenvalue weighted by molar-refractivity contribution is 0.275. The number of nitrogens with zero attached hydrogens (tertiary/aromatic N) is 2. The van der Waals surface area contributed by atoms with Gasteiger partial charge in [-0.1, -0.05) is 42.5 Å². The predicted octanol–water partition coefficient (Wildman–Crippen LogP) is 3.17. The molecule has 1 heterocycles. The second-order valence-corrected chi connectivity index (χ2v) is 7.38. The van der Waals surface area contributed by atoms with Crippen molar-refractivity contribution in [2.75, 3.05) is 14.1 Å². The van der Waals surface area contributed by atoms with Crippen molar-refractivity contribution >= 4 is 0 Å². The standard InChI is InChI=1S/C23H27N3O2/c1-26(2)20(15-18-8-11-21(27)12-9-18)10-13-22-24-19(16-23(28)25-22)14-17-6-4-3-5-7-17/h3-9,11-12,16,20,27H,10,13-15H2,1-2H3,(H,24,25,28)/t20-/m1/s1. The molecule has 0 saturated carbocycles. The molecule has 0 aliphatic heterocycles. The Kier molecular flexibility index (Phi) is 6.61. The fourth-order valence-corrected chi connectivity index (χ4v) is 3.34. The maximum atomic E-state index is 12.0. The van der Waals surface area contributed by atoms with Gasteiger partial charge in [-0.2, -0.15) is 4.98 Å². The Morgan fingerprint density at radius 2 is 1.75 bits per heavy atom. The van der Waals surface area contributed by atoms with Crippen molar-refractivity contribution in [3.63, 3.8) is 0 Å². The number of H-pyrrole nitrogens is 1. The van der Waals surface area contributed by atoms with Crippen molar-refractivity contribution < 1.29 is 5.11 Å². The minimum atomic E-state index is -0.195. The smallest absolute Gasteiger partial charge is 0.273 e. The van der Waals surface area contributed by atoms with Crippen LogP contribution in [0.15, 0.2) is 65.5 Å². The lowest BCUT2D eigenvalue weighted by Crippen LogP contribution is -2.31. The summed E-state index contributed by atoms with van der Waals surface area (Å²) in [6.45, 7) is 0. The van der Waals surface area contributed by atoms with Crippen LogP contribution in [0.3, 0.4) is 0 Å². The van der Waals surface area contributed by atoms with Gasteiger partial charge in [0.25, 0.3) is 5.56 Å². The average molecular weight is 377 g/mol. The summed E-state index contributed by atoms with van der Waals surface area (Å²) in [6, 6.07) is 19.3. The number of phenols is 1. The third-order valence-electron chi connectivity index (χ3n) is 4.94. The first-order valence-corrected chi connectivity index (χ1v) is 9.57. The van der Waals surface area contributed by atoms with Crippen LogP contribution in [0, 0.1) is 0 Å². The Labute approximate surface area is 165 Å². The molecule has 0 aliphatic carbocycles. The molecule has 3 aromatic rings. The van der Waals surface area contributed by atoms with E-state index in [0.717, 1.165) is 29.9 Å². The molecule has 0 bridgehead atoms. The Morgan fingerprint density at radius 1 is 1.04 bits per heavy atom. The number of hydrogen-bond donors (Lipinski definition) is 2. The molecule has 0 saturated heterocycles. The number of phenolic OH excluding ortho intramolecular Hbond substituents is 1. The molecule has 3 rings (SSSR count). The van der Waals surface area contributed by atoms with Crippen LogP contribution in [0.4, 0.5) is 0 Å². The summed E-state index contributed by atoms with van der Waals surface area (Å²) in [5.41, 5.74) is 3.03. The quantitative estimate of drug-likeness (QED) is 0.633. The zero-order valence-corrected chi connectivity index (χ0v) is 16.4. The highest BCUT2D eigenvalue weighted by molar-refractivity contribution is 5.26. The van der Waals surface area contributed by atoms with Crippen LogP contribution in [-0.4, -0.2) is 40.1 Å². The van der Waals surface area contributed by atoms with E-state index in [1.165, 1.54) is 5.56 Å². The predicted molar refractivity (Wildman–Crippen MR) is 112 cm³/mol. The Hall–Kier alpha value is -2.92. The van der Waals surface area contributed by atoms with Crippen LogP contribution >= 0.6 is 0 Å². The van der Waals surface area contributed by atoms with E-state index in [9.17, 15) is 9.90 Å². The molecule has 0 spiro atoms. The van der Waals surface area contributed by atoms with Gasteiger partial charge in [-0.3, -0.25) is 4.79 Å². The van der Waals surface area contributed by atoms with E-state index in [1.807, 2.05) is 30.3 Å². The molecule has 0 radical (unpaired) electrons. The van der Waals surface area contributed by atoms with Gasteiger partial charge in [0.2, 0.25) is 0 Å². The third kappa shape index (κ3) is 5.79. The fraction of sp³-hybridized carbons (Fsp3) is 0.304. The summed E-state index contributed by atoms with van der Waals surface area (Å²) in [7, 11) is 4.13. The van der Waals surface area contributed by atoms with E-state index in [1.54, 1.807) is 18.2 Å². The molecule has 1 aromatic heterocycles. The van der Waals surface area contributed by atoms with Gasteiger partial charge < -0.3 is 15.0 Å². The summed E-state index contributed by atoms with van der Waals surface area (Å²) in [5, 5.41) is 9.46. The van der Waals surface area contributed by atoms with Gasteiger partial charge in [0.15, 0.2) is 0 Å². The largest absolute Gasteiger partial charge is 0.508 e. The Balaban J connectivity index is 1.67. The van der Waals surface area contributed by atoms with Crippen LogP contribution in [0.5, 0.6) is 5.75 Å². The minimum absolute atomic E-state index is 0.195. The summed E-state index contributed by atoms with van der Waals surface area (Å²) < 4.78 is 0. The molecule has 0 fully saturated rings. The SMILES string of the molecule is CN(C)[C@H](CCc1nc(=O)cc(Cc2ccccc2)[nH]1)Cc1ccc(O)cc1. The number of hydrogen-bond acceptors (Lipinski definition) is 4. The molecule has 2 aromatic carbocycles. The third-order valence-corrected chi connectivity index (χ3v) is 4.94. The molecular formula is C23H27N3O2. The van der Waals surface area contributed by atoms with Crippen molar-refractivity contribution in [3.8, 4) is 5.75 Å². The summed E-state index contributed by atoms with van der Waals surface area (Å²) in [6.07, 6.45) is 3.15. The number of rotatable bonds is 8. The van der Waals surface area contributed by atoms with Gasteiger partial charge in [-0.25, -0.2) is 0 Å². The molecule has 5 heteroatoms. The second-order valence-electron chi connectivity index (χ2n) is 7.38. The highest BCUT2D eigenvalue weighted by Crippen LogP contribution is 2.15.